The Morgan fingerprint density at radius 3 is 1.30 bits per heavy atom. The fourth-order valence-corrected chi connectivity index (χ4v) is 2.79. The van der Waals surface area contributed by atoms with Gasteiger partial charge < -0.3 is 9.80 Å². The summed E-state index contributed by atoms with van der Waals surface area (Å²) in [6, 6.07) is 22.5. The lowest BCUT2D eigenvalue weighted by molar-refractivity contribution is 0.551. The highest BCUT2D eigenvalue weighted by Crippen LogP contribution is 2.24. The lowest BCUT2D eigenvalue weighted by atomic mass is 10.1. The molecule has 2 nitrogen and oxygen atoms in total. The summed E-state index contributed by atoms with van der Waals surface area (Å²) >= 11 is 0. The van der Waals surface area contributed by atoms with Gasteiger partial charge in [-0.15, -0.1) is 0 Å². The van der Waals surface area contributed by atoms with Gasteiger partial charge in [0.05, 0.1) is 6.67 Å². The molecule has 0 aliphatic heterocycles. The predicted molar refractivity (Wildman–Crippen MR) is 102 cm³/mol. The van der Waals surface area contributed by atoms with Crippen LogP contribution in [-0.4, -0.2) is 18.8 Å². The van der Waals surface area contributed by atoms with Crippen LogP contribution in [0.2, 0.25) is 0 Å². The molecule has 124 valence electrons. The monoisotopic (exact) mass is 310 g/mol. The third-order valence-electron chi connectivity index (χ3n) is 4.73. The molecule has 0 heterocycles. The first-order chi connectivity index (χ1) is 11.2. The van der Waals surface area contributed by atoms with Crippen molar-refractivity contribution in [2.45, 2.75) is 52.6 Å². The largest absolute Gasteiger partial charge is 0.351 e. The SMILES string of the molecule is CCC(C)N(CN(c1ccccc1)C(C)CC)c1ccccc1. The Morgan fingerprint density at radius 1 is 0.652 bits per heavy atom. The van der Waals surface area contributed by atoms with E-state index in [1.54, 1.807) is 0 Å². The Balaban J connectivity index is 2.30. The number of benzene rings is 2. The number of anilines is 2. The first-order valence-electron chi connectivity index (χ1n) is 8.80. The molecule has 2 aromatic carbocycles. The average Bonchev–Trinajstić information content (AvgIpc) is 2.63. The van der Waals surface area contributed by atoms with E-state index in [2.05, 4.69) is 98.2 Å². The highest BCUT2D eigenvalue weighted by atomic mass is 15.3. The Morgan fingerprint density at radius 2 is 1.00 bits per heavy atom. The van der Waals surface area contributed by atoms with Crippen LogP contribution < -0.4 is 9.80 Å². The van der Waals surface area contributed by atoms with E-state index in [4.69, 9.17) is 0 Å². The Labute approximate surface area is 141 Å². The lowest BCUT2D eigenvalue weighted by Gasteiger charge is -2.40. The molecule has 2 heteroatoms. The van der Waals surface area contributed by atoms with E-state index in [1.165, 1.54) is 11.4 Å². The highest BCUT2D eigenvalue weighted by Gasteiger charge is 2.20. The summed E-state index contributed by atoms with van der Waals surface area (Å²) in [6.07, 6.45) is 2.27. The predicted octanol–water partition coefficient (Wildman–Crippen LogP) is 5.55. The fourth-order valence-electron chi connectivity index (χ4n) is 2.79. The van der Waals surface area contributed by atoms with E-state index in [9.17, 15) is 0 Å². The molecule has 2 rings (SSSR count). The normalized spacial score (nSPS) is 13.4. The fraction of sp³-hybridized carbons (Fsp3) is 0.429. The number of rotatable bonds is 8. The Kier molecular flexibility index (Phi) is 6.52. The zero-order valence-electron chi connectivity index (χ0n) is 14.9. The molecule has 23 heavy (non-hydrogen) atoms. The Hall–Kier alpha value is -1.96. The van der Waals surface area contributed by atoms with Crippen molar-refractivity contribution in [2.75, 3.05) is 16.5 Å². The van der Waals surface area contributed by atoms with Crippen molar-refractivity contribution in [3.05, 3.63) is 60.7 Å². The van der Waals surface area contributed by atoms with Crippen molar-refractivity contribution in [1.82, 2.24) is 0 Å². The molecule has 0 aliphatic rings. The van der Waals surface area contributed by atoms with E-state index >= 15 is 0 Å². The van der Waals surface area contributed by atoms with E-state index in [0.29, 0.717) is 12.1 Å². The van der Waals surface area contributed by atoms with Gasteiger partial charge in [-0.05, 0) is 51.0 Å². The van der Waals surface area contributed by atoms with Crippen LogP contribution in [0.4, 0.5) is 11.4 Å². The second kappa shape index (κ2) is 8.61. The van der Waals surface area contributed by atoms with Gasteiger partial charge in [0, 0.05) is 23.5 Å². The molecule has 0 aliphatic carbocycles. The lowest BCUT2D eigenvalue weighted by Crippen LogP contribution is -2.46. The molecule has 2 aromatic rings. The van der Waals surface area contributed by atoms with Crippen LogP contribution in [0.5, 0.6) is 0 Å². The molecule has 0 fully saturated rings. The highest BCUT2D eigenvalue weighted by molar-refractivity contribution is 5.52. The third-order valence-corrected chi connectivity index (χ3v) is 4.73. The van der Waals surface area contributed by atoms with Crippen molar-refractivity contribution in [3.8, 4) is 0 Å². The van der Waals surface area contributed by atoms with E-state index in [0.717, 1.165) is 19.5 Å². The van der Waals surface area contributed by atoms with Crippen molar-refractivity contribution in [1.29, 1.82) is 0 Å². The van der Waals surface area contributed by atoms with Gasteiger partial charge in [0.15, 0.2) is 0 Å². The van der Waals surface area contributed by atoms with Gasteiger partial charge in [-0.2, -0.15) is 0 Å². The smallest absolute Gasteiger partial charge is 0.0908 e. The van der Waals surface area contributed by atoms with Crippen molar-refractivity contribution >= 4 is 11.4 Å². The topological polar surface area (TPSA) is 6.48 Å². The van der Waals surface area contributed by atoms with Gasteiger partial charge in [-0.25, -0.2) is 0 Å². The minimum absolute atomic E-state index is 0.507. The maximum Gasteiger partial charge on any atom is 0.0908 e. The maximum atomic E-state index is 2.51. The van der Waals surface area contributed by atoms with Gasteiger partial charge in [-0.3, -0.25) is 0 Å². The van der Waals surface area contributed by atoms with E-state index in [1.807, 2.05) is 0 Å². The van der Waals surface area contributed by atoms with Crippen LogP contribution in [-0.2, 0) is 0 Å². The molecule has 0 radical (unpaired) electrons. The summed E-state index contributed by atoms with van der Waals surface area (Å²) in [5.41, 5.74) is 2.59. The molecule has 0 saturated carbocycles. The van der Waals surface area contributed by atoms with Gasteiger partial charge in [0.1, 0.15) is 0 Å². The quantitative estimate of drug-likeness (QED) is 0.589. The summed E-state index contributed by atoms with van der Waals surface area (Å²) in [7, 11) is 0. The van der Waals surface area contributed by atoms with Crippen LogP contribution in [0.1, 0.15) is 40.5 Å². The number of hydrogen-bond acceptors (Lipinski definition) is 2. The summed E-state index contributed by atoms with van der Waals surface area (Å²) in [5.74, 6) is 0. The standard InChI is InChI=1S/C21H30N2/c1-5-18(3)22(20-13-9-7-10-14-20)17-23(19(4)6-2)21-15-11-8-12-16-21/h7-16,18-19H,5-6,17H2,1-4H3. The molecule has 2 atom stereocenters. The summed E-state index contributed by atoms with van der Waals surface area (Å²) in [6.45, 7) is 10.1. The van der Waals surface area contributed by atoms with Gasteiger partial charge in [-0.1, -0.05) is 50.2 Å². The number of nitrogens with zero attached hydrogens (tertiary/aromatic N) is 2. The van der Waals surface area contributed by atoms with Crippen LogP contribution in [0.15, 0.2) is 60.7 Å². The van der Waals surface area contributed by atoms with E-state index in [-0.39, 0.29) is 0 Å². The maximum absolute atomic E-state index is 2.51. The van der Waals surface area contributed by atoms with Gasteiger partial charge in [0.2, 0.25) is 0 Å². The van der Waals surface area contributed by atoms with E-state index < -0.39 is 0 Å². The number of hydrogen-bond donors (Lipinski definition) is 0. The molecule has 0 N–H and O–H groups in total. The minimum Gasteiger partial charge on any atom is -0.351 e. The van der Waals surface area contributed by atoms with Crippen LogP contribution in [0.25, 0.3) is 0 Å². The van der Waals surface area contributed by atoms with Crippen LogP contribution in [0.3, 0.4) is 0 Å². The van der Waals surface area contributed by atoms with Crippen molar-refractivity contribution < 1.29 is 0 Å². The molecule has 0 bridgehead atoms. The number of para-hydroxylation sites is 2. The molecule has 0 aromatic heterocycles. The zero-order valence-corrected chi connectivity index (χ0v) is 14.9. The zero-order chi connectivity index (χ0) is 16.7. The van der Waals surface area contributed by atoms with Crippen molar-refractivity contribution in [2.24, 2.45) is 0 Å². The average molecular weight is 310 g/mol. The minimum atomic E-state index is 0.507. The summed E-state index contributed by atoms with van der Waals surface area (Å²) in [4.78, 5) is 5.03. The van der Waals surface area contributed by atoms with Gasteiger partial charge in [0.25, 0.3) is 0 Å². The van der Waals surface area contributed by atoms with Gasteiger partial charge >= 0.3 is 0 Å². The molecule has 0 saturated heterocycles. The van der Waals surface area contributed by atoms with Crippen LogP contribution >= 0.6 is 0 Å². The first-order valence-corrected chi connectivity index (χ1v) is 8.80. The third kappa shape index (κ3) is 4.51. The summed E-state index contributed by atoms with van der Waals surface area (Å²) in [5, 5.41) is 0. The second-order valence-corrected chi connectivity index (χ2v) is 6.27. The second-order valence-electron chi connectivity index (χ2n) is 6.27. The Bertz CT molecular complexity index is 501. The molecule has 0 spiro atoms. The molecule has 0 amide bonds. The molecular formula is C21H30N2. The summed E-state index contributed by atoms with van der Waals surface area (Å²) < 4.78 is 0. The first kappa shape index (κ1) is 17.4. The molecule has 2 unspecified atom stereocenters. The van der Waals surface area contributed by atoms with Crippen molar-refractivity contribution in [3.63, 3.8) is 0 Å². The van der Waals surface area contributed by atoms with Crippen LogP contribution in [0, 0.1) is 0 Å². The molecular weight excluding hydrogens is 280 g/mol.